The van der Waals surface area contributed by atoms with Gasteiger partial charge in [0, 0.05) is 17.2 Å². The third-order valence-electron chi connectivity index (χ3n) is 2.89. The summed E-state index contributed by atoms with van der Waals surface area (Å²) in [5, 5.41) is 12.5. The normalized spacial score (nSPS) is 13.3. The lowest BCUT2D eigenvalue weighted by Crippen LogP contribution is -2.33. The fourth-order valence-electron chi connectivity index (χ4n) is 1.71. The maximum absolute atomic E-state index is 11.3. The van der Waals surface area contributed by atoms with Gasteiger partial charge in [0.05, 0.1) is 11.5 Å². The molecule has 2 N–H and O–H groups in total. The van der Waals surface area contributed by atoms with Gasteiger partial charge in [-0.2, -0.15) is 0 Å². The molecule has 1 aromatic carbocycles. The van der Waals surface area contributed by atoms with Gasteiger partial charge < -0.3 is 10.4 Å². The van der Waals surface area contributed by atoms with Crippen molar-refractivity contribution in [2.24, 2.45) is 0 Å². The highest BCUT2D eigenvalue weighted by atomic mass is 32.2. The number of hydrogen-bond donors (Lipinski definition) is 2. The zero-order valence-corrected chi connectivity index (χ0v) is 13.6. The Morgan fingerprint density at radius 1 is 1.30 bits per heavy atom. The van der Waals surface area contributed by atoms with E-state index in [1.165, 1.54) is 6.26 Å². The van der Waals surface area contributed by atoms with Gasteiger partial charge in [-0.05, 0) is 49.4 Å². The second kappa shape index (κ2) is 8.67. The van der Waals surface area contributed by atoms with Crippen molar-refractivity contribution in [3.63, 3.8) is 0 Å². The summed E-state index contributed by atoms with van der Waals surface area (Å²) in [5.74, 6) is 0.889. The van der Waals surface area contributed by atoms with Crippen LogP contribution in [0.2, 0.25) is 0 Å². The van der Waals surface area contributed by atoms with Gasteiger partial charge in [-0.25, -0.2) is 8.42 Å². The Bertz CT molecular complexity index is 486. The molecule has 1 rings (SSSR count). The van der Waals surface area contributed by atoms with Crippen molar-refractivity contribution in [2.75, 3.05) is 25.2 Å². The van der Waals surface area contributed by atoms with E-state index in [1.54, 1.807) is 23.9 Å². The minimum atomic E-state index is -3.12. The summed E-state index contributed by atoms with van der Waals surface area (Å²) in [7, 11) is -3.12. The summed E-state index contributed by atoms with van der Waals surface area (Å²) in [6.07, 6.45) is 3.14. The molecule has 0 spiro atoms. The van der Waals surface area contributed by atoms with Crippen molar-refractivity contribution in [2.45, 2.75) is 35.6 Å². The maximum Gasteiger partial charge on any atom is 0.175 e. The van der Waals surface area contributed by atoms with Gasteiger partial charge in [-0.15, -0.1) is 11.8 Å². The van der Waals surface area contributed by atoms with Crippen molar-refractivity contribution in [1.29, 1.82) is 0 Å². The highest BCUT2D eigenvalue weighted by Crippen LogP contribution is 2.21. The Labute approximate surface area is 125 Å². The van der Waals surface area contributed by atoms with Crippen LogP contribution in [0.3, 0.4) is 0 Å². The molecule has 0 saturated carbocycles. The van der Waals surface area contributed by atoms with E-state index in [9.17, 15) is 13.5 Å². The fourth-order valence-corrected chi connectivity index (χ4v) is 3.31. The number of aliphatic hydroxyl groups excluding tert-OH is 1. The number of sulfone groups is 1. The monoisotopic (exact) mass is 317 g/mol. The van der Waals surface area contributed by atoms with Crippen LogP contribution < -0.4 is 5.32 Å². The summed E-state index contributed by atoms with van der Waals surface area (Å²) in [5.41, 5.74) is 0. The first-order valence-electron chi connectivity index (χ1n) is 6.74. The lowest BCUT2D eigenvalue weighted by Gasteiger charge is -2.15. The molecule has 0 aromatic heterocycles. The Hall–Kier alpha value is -0.560. The molecule has 0 aliphatic rings. The van der Waals surface area contributed by atoms with Crippen LogP contribution in [0.5, 0.6) is 0 Å². The van der Waals surface area contributed by atoms with Crippen LogP contribution >= 0.6 is 11.8 Å². The van der Waals surface area contributed by atoms with Gasteiger partial charge in [0.1, 0.15) is 0 Å². The standard InChI is InChI=1S/C14H23NO3S2/c1-3-9-15-12(11-16)8-10-19-13-4-6-14(7-5-13)20(2,17)18/h4-7,12,15-16H,3,8-11H2,1-2H3. The molecule has 1 aromatic rings. The Balaban J connectivity index is 2.42. The quantitative estimate of drug-likeness (QED) is 0.681. The van der Waals surface area contributed by atoms with E-state index in [2.05, 4.69) is 12.2 Å². The van der Waals surface area contributed by atoms with E-state index in [-0.39, 0.29) is 12.6 Å². The topological polar surface area (TPSA) is 66.4 Å². The van der Waals surface area contributed by atoms with Crippen molar-refractivity contribution in [3.8, 4) is 0 Å². The molecular weight excluding hydrogens is 294 g/mol. The minimum absolute atomic E-state index is 0.137. The van der Waals surface area contributed by atoms with E-state index >= 15 is 0 Å². The van der Waals surface area contributed by atoms with E-state index in [4.69, 9.17) is 0 Å². The van der Waals surface area contributed by atoms with Gasteiger partial charge in [0.2, 0.25) is 0 Å². The summed E-state index contributed by atoms with van der Waals surface area (Å²) in [6, 6.07) is 7.06. The van der Waals surface area contributed by atoms with Crippen LogP contribution in [0.1, 0.15) is 19.8 Å². The average Bonchev–Trinajstić information content (AvgIpc) is 2.42. The van der Waals surface area contributed by atoms with Crippen LogP contribution in [0.25, 0.3) is 0 Å². The van der Waals surface area contributed by atoms with E-state index in [0.29, 0.717) is 4.90 Å². The van der Waals surface area contributed by atoms with Crippen LogP contribution in [-0.2, 0) is 9.84 Å². The molecular formula is C14H23NO3S2. The van der Waals surface area contributed by atoms with Crippen molar-refractivity contribution in [3.05, 3.63) is 24.3 Å². The number of thioether (sulfide) groups is 1. The first-order chi connectivity index (χ1) is 9.47. The molecule has 6 heteroatoms. The molecule has 4 nitrogen and oxygen atoms in total. The van der Waals surface area contributed by atoms with E-state index in [0.717, 1.165) is 30.0 Å². The van der Waals surface area contributed by atoms with Crippen LogP contribution in [0.15, 0.2) is 34.1 Å². The highest BCUT2D eigenvalue weighted by molar-refractivity contribution is 7.99. The lowest BCUT2D eigenvalue weighted by atomic mass is 10.2. The molecule has 0 radical (unpaired) electrons. The lowest BCUT2D eigenvalue weighted by molar-refractivity contribution is 0.240. The number of rotatable bonds is 9. The van der Waals surface area contributed by atoms with Gasteiger partial charge in [-0.1, -0.05) is 6.92 Å². The smallest absolute Gasteiger partial charge is 0.175 e. The second-order valence-electron chi connectivity index (χ2n) is 4.71. The Kier molecular flexibility index (Phi) is 7.58. The molecule has 20 heavy (non-hydrogen) atoms. The van der Waals surface area contributed by atoms with Crippen molar-refractivity contribution in [1.82, 2.24) is 5.32 Å². The largest absolute Gasteiger partial charge is 0.395 e. The second-order valence-corrected chi connectivity index (χ2v) is 7.90. The molecule has 0 aliphatic carbocycles. The third kappa shape index (κ3) is 6.26. The first-order valence-corrected chi connectivity index (χ1v) is 9.62. The Morgan fingerprint density at radius 3 is 2.45 bits per heavy atom. The van der Waals surface area contributed by atoms with Gasteiger partial charge in [0.25, 0.3) is 0 Å². The zero-order chi connectivity index (χ0) is 15.0. The molecule has 1 unspecified atom stereocenters. The van der Waals surface area contributed by atoms with Gasteiger partial charge >= 0.3 is 0 Å². The van der Waals surface area contributed by atoms with Gasteiger partial charge in [0.15, 0.2) is 9.84 Å². The molecule has 1 atom stereocenters. The van der Waals surface area contributed by atoms with E-state index < -0.39 is 9.84 Å². The number of nitrogens with one attached hydrogen (secondary N) is 1. The number of hydrogen-bond acceptors (Lipinski definition) is 5. The highest BCUT2D eigenvalue weighted by Gasteiger charge is 2.08. The fraction of sp³-hybridized carbons (Fsp3) is 0.571. The number of benzene rings is 1. The molecule has 0 amide bonds. The minimum Gasteiger partial charge on any atom is -0.395 e. The van der Waals surface area contributed by atoms with Crippen LogP contribution in [0, 0.1) is 0 Å². The molecule has 114 valence electrons. The van der Waals surface area contributed by atoms with Crippen LogP contribution in [0.4, 0.5) is 0 Å². The van der Waals surface area contributed by atoms with E-state index in [1.807, 2.05) is 12.1 Å². The number of aliphatic hydroxyl groups is 1. The summed E-state index contributed by atoms with van der Waals surface area (Å²) in [6.45, 7) is 3.16. The molecule has 0 aliphatic heterocycles. The van der Waals surface area contributed by atoms with Crippen LogP contribution in [-0.4, -0.2) is 44.7 Å². The molecule has 0 bridgehead atoms. The zero-order valence-electron chi connectivity index (χ0n) is 12.0. The van der Waals surface area contributed by atoms with Crippen molar-refractivity contribution >= 4 is 21.6 Å². The Morgan fingerprint density at radius 2 is 1.95 bits per heavy atom. The third-order valence-corrected chi connectivity index (χ3v) is 5.06. The van der Waals surface area contributed by atoms with Crippen molar-refractivity contribution < 1.29 is 13.5 Å². The average molecular weight is 317 g/mol. The maximum atomic E-state index is 11.3. The van der Waals surface area contributed by atoms with Gasteiger partial charge in [-0.3, -0.25) is 0 Å². The summed E-state index contributed by atoms with van der Waals surface area (Å²) < 4.78 is 22.7. The molecule has 0 saturated heterocycles. The summed E-state index contributed by atoms with van der Waals surface area (Å²) in [4.78, 5) is 1.39. The predicted molar refractivity (Wildman–Crippen MR) is 84.1 cm³/mol. The molecule has 0 heterocycles. The molecule has 0 fully saturated rings. The SMILES string of the molecule is CCCNC(CO)CCSc1ccc(S(C)(=O)=O)cc1. The summed E-state index contributed by atoms with van der Waals surface area (Å²) >= 11 is 1.67. The predicted octanol–water partition coefficient (Wildman–Crippen LogP) is 1.93. The first kappa shape index (κ1) is 17.5.